The highest BCUT2D eigenvalue weighted by molar-refractivity contribution is 5.79. The summed E-state index contributed by atoms with van der Waals surface area (Å²) in [7, 11) is 0. The minimum atomic E-state index is -0.174. The van der Waals surface area contributed by atoms with Gasteiger partial charge in [-0.2, -0.15) is 0 Å². The van der Waals surface area contributed by atoms with E-state index in [1.165, 1.54) is 6.07 Å². The smallest absolute Gasteiger partial charge is 0.309 e. The van der Waals surface area contributed by atoms with Crippen LogP contribution < -0.4 is 0 Å². The number of amides is 1. The minimum Gasteiger partial charge on any atom is -0.466 e. The molecule has 1 aromatic rings. The number of hydrogen-bond donors (Lipinski definition) is 0. The Morgan fingerprint density at radius 3 is 2.46 bits per heavy atom. The Labute approximate surface area is 166 Å². The first kappa shape index (κ1) is 20.8. The second-order valence-electron chi connectivity index (χ2n) is 7.96. The molecular formula is C22H31FN2O3. The van der Waals surface area contributed by atoms with Gasteiger partial charge in [0.15, 0.2) is 0 Å². The monoisotopic (exact) mass is 390 g/mol. The zero-order chi connectivity index (χ0) is 19.9. The number of esters is 1. The Morgan fingerprint density at radius 1 is 1.11 bits per heavy atom. The summed E-state index contributed by atoms with van der Waals surface area (Å²) in [5, 5.41) is 0. The lowest BCUT2D eigenvalue weighted by atomic mass is 9.90. The van der Waals surface area contributed by atoms with E-state index in [0.29, 0.717) is 45.0 Å². The number of likely N-dealkylation sites (tertiary alicyclic amines) is 2. The van der Waals surface area contributed by atoms with Crippen LogP contribution in [0, 0.1) is 17.7 Å². The van der Waals surface area contributed by atoms with E-state index in [-0.39, 0.29) is 23.6 Å². The maximum Gasteiger partial charge on any atom is 0.309 e. The van der Waals surface area contributed by atoms with Gasteiger partial charge in [-0.3, -0.25) is 14.5 Å². The molecule has 2 saturated heterocycles. The van der Waals surface area contributed by atoms with Crippen LogP contribution in [0.15, 0.2) is 24.3 Å². The first-order valence-electron chi connectivity index (χ1n) is 10.5. The largest absolute Gasteiger partial charge is 0.466 e. The molecule has 0 unspecified atom stereocenters. The summed E-state index contributed by atoms with van der Waals surface area (Å²) < 4.78 is 18.4. The summed E-state index contributed by atoms with van der Waals surface area (Å²) in [6.45, 7) is 5.77. The Morgan fingerprint density at radius 2 is 1.82 bits per heavy atom. The maximum absolute atomic E-state index is 13.3. The van der Waals surface area contributed by atoms with Crippen LogP contribution in [0.5, 0.6) is 0 Å². The van der Waals surface area contributed by atoms with Gasteiger partial charge in [0.1, 0.15) is 5.82 Å². The Balaban J connectivity index is 1.38. The van der Waals surface area contributed by atoms with Gasteiger partial charge in [0, 0.05) is 13.1 Å². The fraction of sp³-hybridized carbons (Fsp3) is 0.636. The van der Waals surface area contributed by atoms with Crippen LogP contribution in [0.25, 0.3) is 0 Å². The molecule has 2 aliphatic rings. The zero-order valence-electron chi connectivity index (χ0n) is 16.7. The van der Waals surface area contributed by atoms with Crippen molar-refractivity contribution in [3.8, 4) is 0 Å². The third-order valence-electron chi connectivity index (χ3n) is 5.95. The van der Waals surface area contributed by atoms with E-state index in [2.05, 4.69) is 4.90 Å². The van der Waals surface area contributed by atoms with E-state index < -0.39 is 0 Å². The molecule has 0 radical (unpaired) electrons. The quantitative estimate of drug-likeness (QED) is 0.701. The van der Waals surface area contributed by atoms with Crippen molar-refractivity contribution in [2.24, 2.45) is 11.8 Å². The van der Waals surface area contributed by atoms with E-state index in [1.54, 1.807) is 12.1 Å². The van der Waals surface area contributed by atoms with Crippen molar-refractivity contribution in [3.63, 3.8) is 0 Å². The molecule has 0 aromatic heterocycles. The van der Waals surface area contributed by atoms with Gasteiger partial charge in [0.05, 0.1) is 19.1 Å². The third-order valence-corrected chi connectivity index (χ3v) is 5.95. The molecule has 2 fully saturated rings. The van der Waals surface area contributed by atoms with E-state index in [4.69, 9.17) is 4.74 Å². The first-order valence-corrected chi connectivity index (χ1v) is 10.5. The summed E-state index contributed by atoms with van der Waals surface area (Å²) in [4.78, 5) is 28.5. The molecule has 0 bridgehead atoms. The van der Waals surface area contributed by atoms with Crippen LogP contribution in [0.3, 0.4) is 0 Å². The number of hydrogen-bond acceptors (Lipinski definition) is 4. The predicted molar refractivity (Wildman–Crippen MR) is 105 cm³/mol. The number of ether oxygens (including phenoxy) is 1. The van der Waals surface area contributed by atoms with Crippen molar-refractivity contribution < 1.29 is 18.7 Å². The topological polar surface area (TPSA) is 49.9 Å². The minimum absolute atomic E-state index is 0.0671. The molecule has 2 heterocycles. The van der Waals surface area contributed by atoms with Crippen LogP contribution in [0.2, 0.25) is 0 Å². The standard InChI is InChI=1S/C22H31FN2O3/c1-2-28-22(27)19-8-12-25(13-9-19)21(26)16-24-10-6-17(7-11-24)14-18-4-3-5-20(23)15-18/h3-5,15,17,19H,2,6-14,16H2,1H3. The molecular weight excluding hydrogens is 359 g/mol. The lowest BCUT2D eigenvalue weighted by molar-refractivity contribution is -0.151. The van der Waals surface area contributed by atoms with Gasteiger partial charge in [-0.05, 0) is 75.7 Å². The number of benzene rings is 1. The summed E-state index contributed by atoms with van der Waals surface area (Å²) in [6.07, 6.45) is 4.37. The average molecular weight is 390 g/mol. The SMILES string of the molecule is CCOC(=O)C1CCN(C(=O)CN2CCC(Cc3cccc(F)c3)CC2)CC1. The molecule has 6 heteroatoms. The van der Waals surface area contributed by atoms with Crippen molar-refractivity contribution in [3.05, 3.63) is 35.6 Å². The second-order valence-corrected chi connectivity index (χ2v) is 7.96. The Bertz CT molecular complexity index is 666. The molecule has 0 atom stereocenters. The van der Waals surface area contributed by atoms with Crippen LogP contribution >= 0.6 is 0 Å². The van der Waals surface area contributed by atoms with E-state index in [0.717, 1.165) is 37.9 Å². The number of halogens is 1. The van der Waals surface area contributed by atoms with Gasteiger partial charge in [-0.15, -0.1) is 0 Å². The zero-order valence-corrected chi connectivity index (χ0v) is 16.7. The van der Waals surface area contributed by atoms with E-state index in [1.807, 2.05) is 17.9 Å². The number of nitrogens with zero attached hydrogens (tertiary/aromatic N) is 2. The molecule has 1 aromatic carbocycles. The molecule has 0 aliphatic carbocycles. The molecule has 154 valence electrons. The van der Waals surface area contributed by atoms with Crippen molar-refractivity contribution in [2.45, 2.75) is 39.0 Å². The predicted octanol–water partition coefficient (Wildman–Crippen LogP) is 2.88. The molecule has 2 aliphatic heterocycles. The highest BCUT2D eigenvalue weighted by Gasteiger charge is 2.29. The number of piperidine rings is 2. The highest BCUT2D eigenvalue weighted by Crippen LogP contribution is 2.23. The molecule has 1 amide bonds. The fourth-order valence-corrected chi connectivity index (χ4v) is 4.26. The van der Waals surface area contributed by atoms with Crippen LogP contribution in [-0.2, 0) is 20.7 Å². The summed E-state index contributed by atoms with van der Waals surface area (Å²) in [5.74, 6) is 0.337. The lowest BCUT2D eigenvalue weighted by Gasteiger charge is -2.35. The molecule has 3 rings (SSSR count). The molecule has 0 spiro atoms. The lowest BCUT2D eigenvalue weighted by Crippen LogP contribution is -2.47. The van der Waals surface area contributed by atoms with Gasteiger partial charge in [0.2, 0.25) is 5.91 Å². The number of carbonyl (C=O) groups is 2. The van der Waals surface area contributed by atoms with E-state index >= 15 is 0 Å². The molecule has 0 N–H and O–H groups in total. The normalized spacial score (nSPS) is 19.6. The van der Waals surface area contributed by atoms with Crippen LogP contribution in [0.1, 0.15) is 38.2 Å². The van der Waals surface area contributed by atoms with Gasteiger partial charge in [-0.25, -0.2) is 4.39 Å². The molecule has 28 heavy (non-hydrogen) atoms. The average Bonchev–Trinajstić information content (AvgIpc) is 2.70. The van der Waals surface area contributed by atoms with Crippen molar-refractivity contribution in [2.75, 3.05) is 39.3 Å². The van der Waals surface area contributed by atoms with Crippen LogP contribution in [0.4, 0.5) is 4.39 Å². The summed E-state index contributed by atoms with van der Waals surface area (Å²) >= 11 is 0. The Kier molecular flexibility index (Phi) is 7.43. The third kappa shape index (κ3) is 5.77. The van der Waals surface area contributed by atoms with Crippen molar-refractivity contribution in [1.82, 2.24) is 9.80 Å². The highest BCUT2D eigenvalue weighted by atomic mass is 19.1. The van der Waals surface area contributed by atoms with Gasteiger partial charge >= 0.3 is 5.97 Å². The summed E-state index contributed by atoms with van der Waals surface area (Å²) in [5.41, 5.74) is 1.05. The van der Waals surface area contributed by atoms with Crippen molar-refractivity contribution >= 4 is 11.9 Å². The number of rotatable bonds is 6. The van der Waals surface area contributed by atoms with Crippen molar-refractivity contribution in [1.29, 1.82) is 0 Å². The number of carbonyl (C=O) groups excluding carboxylic acids is 2. The van der Waals surface area contributed by atoms with Gasteiger partial charge in [-0.1, -0.05) is 12.1 Å². The Hall–Kier alpha value is -1.95. The second kappa shape index (κ2) is 10.0. The first-order chi connectivity index (χ1) is 13.5. The van der Waals surface area contributed by atoms with E-state index in [9.17, 15) is 14.0 Å². The fourth-order valence-electron chi connectivity index (χ4n) is 4.26. The maximum atomic E-state index is 13.3. The van der Waals surface area contributed by atoms with Gasteiger partial charge < -0.3 is 9.64 Å². The van der Waals surface area contributed by atoms with Gasteiger partial charge in [0.25, 0.3) is 0 Å². The molecule has 0 saturated carbocycles. The summed E-state index contributed by atoms with van der Waals surface area (Å²) in [6, 6.07) is 6.85. The molecule has 5 nitrogen and oxygen atoms in total. The van der Waals surface area contributed by atoms with Crippen LogP contribution in [-0.4, -0.2) is 61.0 Å².